The van der Waals surface area contributed by atoms with E-state index in [0.717, 1.165) is 16.8 Å². The molecule has 3 aromatic heterocycles. The summed E-state index contributed by atoms with van der Waals surface area (Å²) in [5, 5.41) is 4.70. The van der Waals surface area contributed by atoms with Crippen LogP contribution in [0.15, 0.2) is 59.7 Å². The molecule has 6 heteroatoms. The number of aromatic amines is 2. The highest BCUT2D eigenvalue weighted by molar-refractivity contribution is 5.84. The highest BCUT2D eigenvalue weighted by atomic mass is 16.1. The minimum atomic E-state index is -0.165. The zero-order valence-electron chi connectivity index (χ0n) is 15.3. The quantitative estimate of drug-likeness (QED) is 0.509. The average molecular weight is 359 g/mol. The number of nitrogens with zero attached hydrogens (tertiary/aromatic N) is 2. The van der Waals surface area contributed by atoms with Crippen molar-refractivity contribution < 1.29 is 0 Å². The molecule has 0 aliphatic rings. The molecule has 4 aromatic rings. The Balaban J connectivity index is 1.56. The third-order valence-corrected chi connectivity index (χ3v) is 4.81. The van der Waals surface area contributed by atoms with Gasteiger partial charge in [-0.05, 0) is 37.6 Å². The zero-order valence-corrected chi connectivity index (χ0v) is 15.3. The van der Waals surface area contributed by atoms with Gasteiger partial charge in [0, 0.05) is 53.2 Å². The summed E-state index contributed by atoms with van der Waals surface area (Å²) < 4.78 is 0. The maximum absolute atomic E-state index is 12.1. The third-order valence-electron chi connectivity index (χ3n) is 4.81. The predicted molar refractivity (Wildman–Crippen MR) is 106 cm³/mol. The van der Waals surface area contributed by atoms with E-state index in [9.17, 15) is 4.79 Å². The average Bonchev–Trinajstić information content (AvgIpc) is 3.02. The molecule has 3 N–H and O–H groups in total. The fraction of sp³-hybridized carbons (Fsp3) is 0.190. The molecular weight excluding hydrogens is 338 g/mol. The summed E-state index contributed by atoms with van der Waals surface area (Å²) in [5.74, 6) is 0.551. The lowest BCUT2D eigenvalue weighted by Crippen LogP contribution is -2.22. The Hall–Kier alpha value is -3.25. The Morgan fingerprint density at radius 1 is 1.11 bits per heavy atom. The highest BCUT2D eigenvalue weighted by Crippen LogP contribution is 2.22. The number of hydrogen-bond acceptors (Lipinski definition) is 4. The van der Waals surface area contributed by atoms with Crippen molar-refractivity contribution in [1.82, 2.24) is 25.3 Å². The minimum Gasteiger partial charge on any atom is -0.357 e. The number of aryl methyl sites for hydroxylation is 1. The van der Waals surface area contributed by atoms with Crippen LogP contribution in [0.4, 0.5) is 0 Å². The van der Waals surface area contributed by atoms with Crippen LogP contribution in [0.25, 0.3) is 22.3 Å². The van der Waals surface area contributed by atoms with Crippen LogP contribution in [-0.4, -0.2) is 19.9 Å². The smallest absolute Gasteiger partial charge is 0.251 e. The maximum atomic E-state index is 12.1. The van der Waals surface area contributed by atoms with Crippen LogP contribution in [0.2, 0.25) is 0 Å². The first-order chi connectivity index (χ1) is 13.1. The number of H-pyrrole nitrogens is 2. The fourth-order valence-corrected chi connectivity index (χ4v) is 3.22. The fourth-order valence-electron chi connectivity index (χ4n) is 3.22. The molecule has 0 unspecified atom stereocenters. The van der Waals surface area contributed by atoms with Crippen LogP contribution in [0.1, 0.15) is 29.9 Å². The predicted octanol–water partition coefficient (Wildman–Crippen LogP) is 3.47. The molecular formula is C21H21N5O. The van der Waals surface area contributed by atoms with Gasteiger partial charge in [-0.2, -0.15) is 0 Å². The van der Waals surface area contributed by atoms with Gasteiger partial charge in [-0.1, -0.05) is 18.2 Å². The molecule has 0 aliphatic carbocycles. The number of aromatic nitrogens is 4. The first kappa shape index (κ1) is 17.2. The van der Waals surface area contributed by atoms with Crippen LogP contribution >= 0.6 is 0 Å². The second kappa shape index (κ2) is 7.17. The SMILES string of the molecule is Cc1c(CN[C@@H](C)c2cc(=O)[nH]c(-c3ccncc3)n2)[nH]c2ccccc12. The first-order valence-electron chi connectivity index (χ1n) is 8.93. The number of rotatable bonds is 5. The summed E-state index contributed by atoms with van der Waals surface area (Å²) in [5.41, 5.74) is 4.89. The zero-order chi connectivity index (χ0) is 18.8. The van der Waals surface area contributed by atoms with Gasteiger partial charge in [0.1, 0.15) is 5.82 Å². The van der Waals surface area contributed by atoms with E-state index in [4.69, 9.17) is 0 Å². The van der Waals surface area contributed by atoms with Crippen molar-refractivity contribution in [2.75, 3.05) is 0 Å². The van der Waals surface area contributed by atoms with E-state index in [0.29, 0.717) is 18.1 Å². The Bertz CT molecular complexity index is 1130. The van der Waals surface area contributed by atoms with E-state index < -0.39 is 0 Å². The minimum absolute atomic E-state index is 0.0706. The summed E-state index contributed by atoms with van der Waals surface area (Å²) in [7, 11) is 0. The Labute approximate surface area is 156 Å². The van der Waals surface area contributed by atoms with Gasteiger partial charge in [0.05, 0.1) is 5.69 Å². The van der Waals surface area contributed by atoms with Gasteiger partial charge in [0.2, 0.25) is 0 Å². The lowest BCUT2D eigenvalue weighted by Gasteiger charge is -2.14. The normalized spacial score (nSPS) is 12.4. The molecule has 0 saturated carbocycles. The van der Waals surface area contributed by atoms with Gasteiger partial charge in [0.25, 0.3) is 5.56 Å². The molecule has 0 amide bonds. The summed E-state index contributed by atoms with van der Waals surface area (Å²) >= 11 is 0. The number of hydrogen-bond donors (Lipinski definition) is 3. The monoisotopic (exact) mass is 359 g/mol. The number of para-hydroxylation sites is 1. The largest absolute Gasteiger partial charge is 0.357 e. The molecule has 1 atom stereocenters. The Morgan fingerprint density at radius 3 is 2.67 bits per heavy atom. The van der Waals surface area contributed by atoms with E-state index >= 15 is 0 Å². The second-order valence-corrected chi connectivity index (χ2v) is 6.63. The van der Waals surface area contributed by atoms with Gasteiger partial charge in [0.15, 0.2) is 0 Å². The molecule has 0 spiro atoms. The van der Waals surface area contributed by atoms with E-state index in [-0.39, 0.29) is 11.6 Å². The molecule has 1 aromatic carbocycles. The molecule has 0 fully saturated rings. The lowest BCUT2D eigenvalue weighted by molar-refractivity contribution is 0.554. The Kier molecular flexibility index (Phi) is 4.56. The molecule has 0 aliphatic heterocycles. The van der Waals surface area contributed by atoms with Crippen molar-refractivity contribution in [2.45, 2.75) is 26.4 Å². The second-order valence-electron chi connectivity index (χ2n) is 6.63. The number of fused-ring (bicyclic) bond motifs is 1. The summed E-state index contributed by atoms with van der Waals surface area (Å²) in [6, 6.07) is 13.4. The van der Waals surface area contributed by atoms with Crippen LogP contribution in [0.3, 0.4) is 0 Å². The summed E-state index contributed by atoms with van der Waals surface area (Å²) in [4.78, 5) is 27.0. The van der Waals surface area contributed by atoms with Crippen LogP contribution < -0.4 is 10.9 Å². The summed E-state index contributed by atoms with van der Waals surface area (Å²) in [6.07, 6.45) is 3.37. The van der Waals surface area contributed by atoms with E-state index in [1.807, 2.05) is 31.2 Å². The van der Waals surface area contributed by atoms with Crippen molar-refractivity contribution >= 4 is 10.9 Å². The van der Waals surface area contributed by atoms with Gasteiger partial charge in [-0.25, -0.2) is 4.98 Å². The lowest BCUT2D eigenvalue weighted by atomic mass is 10.1. The van der Waals surface area contributed by atoms with Crippen molar-refractivity contribution in [3.63, 3.8) is 0 Å². The highest BCUT2D eigenvalue weighted by Gasteiger charge is 2.12. The van der Waals surface area contributed by atoms with Crippen molar-refractivity contribution in [3.8, 4) is 11.4 Å². The molecule has 0 bridgehead atoms. The van der Waals surface area contributed by atoms with E-state index in [2.05, 4.69) is 44.3 Å². The number of pyridine rings is 1. The van der Waals surface area contributed by atoms with Gasteiger partial charge in [-0.15, -0.1) is 0 Å². The van der Waals surface area contributed by atoms with E-state index in [1.165, 1.54) is 10.9 Å². The topological polar surface area (TPSA) is 86.5 Å². The van der Waals surface area contributed by atoms with Gasteiger partial charge >= 0.3 is 0 Å². The van der Waals surface area contributed by atoms with Crippen LogP contribution in [0, 0.1) is 6.92 Å². The summed E-state index contributed by atoms with van der Waals surface area (Å²) in [6.45, 7) is 4.80. The van der Waals surface area contributed by atoms with E-state index in [1.54, 1.807) is 18.5 Å². The van der Waals surface area contributed by atoms with Crippen molar-refractivity contribution in [1.29, 1.82) is 0 Å². The number of benzene rings is 1. The van der Waals surface area contributed by atoms with Crippen LogP contribution in [-0.2, 0) is 6.54 Å². The van der Waals surface area contributed by atoms with Gasteiger partial charge in [-0.3, -0.25) is 9.78 Å². The molecule has 3 heterocycles. The molecule has 4 rings (SSSR count). The number of nitrogens with one attached hydrogen (secondary N) is 3. The van der Waals surface area contributed by atoms with Crippen molar-refractivity contribution in [2.24, 2.45) is 0 Å². The molecule has 27 heavy (non-hydrogen) atoms. The molecule has 136 valence electrons. The third kappa shape index (κ3) is 3.52. The molecule has 6 nitrogen and oxygen atoms in total. The molecule has 0 radical (unpaired) electrons. The Morgan fingerprint density at radius 2 is 1.89 bits per heavy atom. The molecule has 0 saturated heterocycles. The first-order valence-corrected chi connectivity index (χ1v) is 8.93. The van der Waals surface area contributed by atoms with Crippen molar-refractivity contribution in [3.05, 3.63) is 82.2 Å². The van der Waals surface area contributed by atoms with Gasteiger partial charge < -0.3 is 15.3 Å². The van der Waals surface area contributed by atoms with Crippen LogP contribution in [0.5, 0.6) is 0 Å². The standard InChI is InChI=1S/C21H21N5O/c1-13-16-5-3-4-6-17(16)24-19(13)12-23-14(2)18-11-20(27)26-21(25-18)15-7-9-22-10-8-15/h3-11,14,23-24H,12H2,1-2H3,(H,25,26,27)/t14-/m0/s1. The maximum Gasteiger partial charge on any atom is 0.251 e.